The van der Waals surface area contributed by atoms with Gasteiger partial charge in [0.2, 0.25) is 5.91 Å². The molecule has 1 saturated heterocycles. The Labute approximate surface area is 130 Å². The summed E-state index contributed by atoms with van der Waals surface area (Å²) in [5, 5.41) is 4.09. The molecule has 2 heterocycles. The molecule has 1 aromatic carbocycles. The number of carbonyl (C=O) groups excluding carboxylic acids is 1. The zero-order chi connectivity index (χ0) is 15.4. The molecule has 5 nitrogen and oxygen atoms in total. The van der Waals surface area contributed by atoms with Gasteiger partial charge in [-0.15, -0.1) is 0 Å². The summed E-state index contributed by atoms with van der Waals surface area (Å²) in [5.74, 6) is 1.57. The molecule has 0 spiro atoms. The van der Waals surface area contributed by atoms with Crippen molar-refractivity contribution in [1.82, 2.24) is 14.7 Å². The van der Waals surface area contributed by atoms with Gasteiger partial charge < -0.3 is 9.64 Å². The normalized spacial score (nSPS) is 17.7. The van der Waals surface area contributed by atoms with Crippen LogP contribution in [-0.2, 0) is 17.8 Å². The van der Waals surface area contributed by atoms with E-state index in [0.717, 1.165) is 31.7 Å². The summed E-state index contributed by atoms with van der Waals surface area (Å²) >= 11 is 0. The van der Waals surface area contributed by atoms with Crippen LogP contribution >= 0.6 is 0 Å². The van der Waals surface area contributed by atoms with E-state index in [0.29, 0.717) is 12.5 Å². The minimum Gasteiger partial charge on any atom is -0.497 e. The zero-order valence-electron chi connectivity index (χ0n) is 12.8. The first kappa shape index (κ1) is 14.6. The predicted octanol–water partition coefficient (Wildman–Crippen LogP) is 1.98. The van der Waals surface area contributed by atoms with Gasteiger partial charge in [-0.2, -0.15) is 5.10 Å². The number of hydrogen-bond acceptors (Lipinski definition) is 3. The third-order valence-corrected chi connectivity index (χ3v) is 4.18. The van der Waals surface area contributed by atoms with Gasteiger partial charge in [0.05, 0.1) is 7.11 Å². The zero-order valence-corrected chi connectivity index (χ0v) is 12.8. The first-order chi connectivity index (χ1) is 10.7. The van der Waals surface area contributed by atoms with Crippen LogP contribution < -0.4 is 4.74 Å². The molecule has 0 aliphatic carbocycles. The van der Waals surface area contributed by atoms with Crippen molar-refractivity contribution >= 4 is 5.91 Å². The Morgan fingerprint density at radius 2 is 2.18 bits per heavy atom. The maximum atomic E-state index is 12.2. The number of nitrogens with zero attached hydrogens (tertiary/aromatic N) is 3. The number of benzene rings is 1. The highest BCUT2D eigenvalue weighted by Gasteiger charge is 2.26. The van der Waals surface area contributed by atoms with Crippen molar-refractivity contribution in [3.63, 3.8) is 0 Å². The van der Waals surface area contributed by atoms with E-state index < -0.39 is 0 Å². The summed E-state index contributed by atoms with van der Waals surface area (Å²) in [5.41, 5.74) is 1.30. The Bertz CT molecular complexity index is 607. The molecule has 1 fully saturated rings. The third-order valence-electron chi connectivity index (χ3n) is 4.18. The van der Waals surface area contributed by atoms with Crippen LogP contribution in [0, 0.1) is 5.92 Å². The summed E-state index contributed by atoms with van der Waals surface area (Å²) in [6.07, 6.45) is 5.60. The molecule has 0 radical (unpaired) electrons. The number of hydrogen-bond donors (Lipinski definition) is 0. The van der Waals surface area contributed by atoms with Crippen molar-refractivity contribution in [3.05, 3.63) is 48.3 Å². The molecule has 116 valence electrons. The number of aromatic nitrogens is 2. The van der Waals surface area contributed by atoms with Crippen molar-refractivity contribution in [2.24, 2.45) is 5.92 Å². The largest absolute Gasteiger partial charge is 0.497 e. The Balaban J connectivity index is 1.52. The van der Waals surface area contributed by atoms with E-state index in [1.807, 2.05) is 29.3 Å². The molecule has 1 unspecified atom stereocenters. The molecule has 0 saturated carbocycles. The summed E-state index contributed by atoms with van der Waals surface area (Å²) in [6.45, 7) is 2.02. The monoisotopic (exact) mass is 299 g/mol. The minimum absolute atomic E-state index is 0.154. The topological polar surface area (TPSA) is 47.4 Å². The summed E-state index contributed by atoms with van der Waals surface area (Å²) < 4.78 is 6.86. The van der Waals surface area contributed by atoms with Crippen molar-refractivity contribution in [1.29, 1.82) is 0 Å². The minimum atomic E-state index is 0.154. The van der Waals surface area contributed by atoms with Gasteiger partial charge in [-0.1, -0.05) is 12.1 Å². The van der Waals surface area contributed by atoms with Crippen LogP contribution in [0.5, 0.6) is 5.75 Å². The fraction of sp³-hybridized carbons (Fsp3) is 0.412. The average Bonchev–Trinajstić information content (AvgIpc) is 3.20. The van der Waals surface area contributed by atoms with E-state index in [-0.39, 0.29) is 5.91 Å². The molecule has 1 aromatic heterocycles. The number of amides is 1. The third kappa shape index (κ3) is 3.47. The van der Waals surface area contributed by atoms with Gasteiger partial charge in [0, 0.05) is 25.5 Å². The quantitative estimate of drug-likeness (QED) is 0.848. The lowest BCUT2D eigenvalue weighted by Crippen LogP contribution is -2.32. The van der Waals surface area contributed by atoms with Gasteiger partial charge in [-0.25, -0.2) is 0 Å². The van der Waals surface area contributed by atoms with Gasteiger partial charge in [0.25, 0.3) is 0 Å². The first-order valence-corrected chi connectivity index (χ1v) is 7.63. The molecule has 1 atom stereocenters. The van der Waals surface area contributed by atoms with Crippen molar-refractivity contribution in [2.45, 2.75) is 19.4 Å². The lowest BCUT2D eigenvalue weighted by atomic mass is 9.99. The van der Waals surface area contributed by atoms with Crippen molar-refractivity contribution in [2.75, 3.05) is 20.2 Å². The molecule has 0 bridgehead atoms. The average molecular weight is 299 g/mol. The number of likely N-dealkylation sites (tertiary alicyclic amines) is 1. The van der Waals surface area contributed by atoms with Gasteiger partial charge in [0.15, 0.2) is 0 Å². The fourth-order valence-electron chi connectivity index (χ4n) is 2.95. The standard InChI is InChI=1S/C17H21N3O2/c1-22-16-5-3-14(4-6-16)11-15-7-10-19(12-15)17(21)13-20-9-2-8-18-20/h2-6,8-9,15H,7,10-13H2,1H3. The van der Waals surface area contributed by atoms with E-state index in [4.69, 9.17) is 4.74 Å². The Hall–Kier alpha value is -2.30. The molecule has 0 N–H and O–H groups in total. The highest BCUT2D eigenvalue weighted by molar-refractivity contribution is 5.76. The SMILES string of the molecule is COc1ccc(CC2CCN(C(=O)Cn3cccn3)C2)cc1. The maximum absolute atomic E-state index is 12.2. The molecule has 22 heavy (non-hydrogen) atoms. The first-order valence-electron chi connectivity index (χ1n) is 7.63. The molecule has 1 amide bonds. The second-order valence-electron chi connectivity index (χ2n) is 5.75. The van der Waals surface area contributed by atoms with Crippen LogP contribution in [0.3, 0.4) is 0 Å². The van der Waals surface area contributed by atoms with Gasteiger partial charge in [-0.05, 0) is 42.5 Å². The van der Waals surface area contributed by atoms with Crippen LogP contribution in [-0.4, -0.2) is 40.8 Å². The summed E-state index contributed by atoms with van der Waals surface area (Å²) in [7, 11) is 1.68. The Morgan fingerprint density at radius 3 is 2.86 bits per heavy atom. The molecule has 2 aromatic rings. The van der Waals surface area contributed by atoms with Crippen molar-refractivity contribution < 1.29 is 9.53 Å². The van der Waals surface area contributed by atoms with Crippen LogP contribution in [0.2, 0.25) is 0 Å². The molecular formula is C17H21N3O2. The maximum Gasteiger partial charge on any atom is 0.244 e. The van der Waals surface area contributed by atoms with Crippen LogP contribution in [0.25, 0.3) is 0 Å². The predicted molar refractivity (Wildman–Crippen MR) is 83.6 cm³/mol. The van der Waals surface area contributed by atoms with Gasteiger partial charge in [0.1, 0.15) is 12.3 Å². The van der Waals surface area contributed by atoms with E-state index in [2.05, 4.69) is 17.2 Å². The number of carbonyl (C=O) groups is 1. The Kier molecular flexibility index (Phi) is 4.42. The van der Waals surface area contributed by atoms with Gasteiger partial charge >= 0.3 is 0 Å². The molecule has 1 aliphatic heterocycles. The highest BCUT2D eigenvalue weighted by atomic mass is 16.5. The van der Waals surface area contributed by atoms with Crippen LogP contribution in [0.4, 0.5) is 0 Å². The summed E-state index contributed by atoms with van der Waals surface area (Å²) in [4.78, 5) is 14.2. The Morgan fingerprint density at radius 1 is 1.36 bits per heavy atom. The van der Waals surface area contributed by atoms with Crippen molar-refractivity contribution in [3.8, 4) is 5.75 Å². The molecular weight excluding hydrogens is 278 g/mol. The second-order valence-corrected chi connectivity index (χ2v) is 5.75. The van der Waals surface area contributed by atoms with Crippen LogP contribution in [0.15, 0.2) is 42.7 Å². The van der Waals surface area contributed by atoms with Crippen LogP contribution in [0.1, 0.15) is 12.0 Å². The fourth-order valence-corrected chi connectivity index (χ4v) is 2.95. The molecule has 3 rings (SSSR count). The summed E-state index contributed by atoms with van der Waals surface area (Å²) in [6, 6.07) is 10.0. The van der Waals surface area contributed by atoms with E-state index in [9.17, 15) is 4.79 Å². The number of methoxy groups -OCH3 is 1. The second kappa shape index (κ2) is 6.64. The lowest BCUT2D eigenvalue weighted by Gasteiger charge is -2.16. The number of ether oxygens (including phenoxy) is 1. The highest BCUT2D eigenvalue weighted by Crippen LogP contribution is 2.22. The van der Waals surface area contributed by atoms with Gasteiger partial charge in [-0.3, -0.25) is 9.48 Å². The molecule has 1 aliphatic rings. The number of rotatable bonds is 5. The lowest BCUT2D eigenvalue weighted by molar-refractivity contribution is -0.131. The van der Waals surface area contributed by atoms with E-state index in [1.54, 1.807) is 18.0 Å². The smallest absolute Gasteiger partial charge is 0.244 e. The van der Waals surface area contributed by atoms with E-state index >= 15 is 0 Å². The van der Waals surface area contributed by atoms with E-state index in [1.165, 1.54) is 5.56 Å². The molecule has 5 heteroatoms.